The van der Waals surface area contributed by atoms with Crippen molar-refractivity contribution in [2.45, 2.75) is 13.5 Å². The fourth-order valence-corrected chi connectivity index (χ4v) is 3.61. The number of hydrogen-bond donors (Lipinski definition) is 1. The van der Waals surface area contributed by atoms with Gasteiger partial charge in [-0.3, -0.25) is 14.9 Å². The first-order valence-corrected chi connectivity index (χ1v) is 11.1. The Hall–Kier alpha value is -4.23. The monoisotopic (exact) mass is 539 g/mol. The predicted octanol–water partition coefficient (Wildman–Crippen LogP) is 6.02. The lowest BCUT2D eigenvalue weighted by molar-refractivity contribution is -0.384. The molecule has 0 aliphatic carbocycles. The molecular weight excluding hydrogens is 521 g/mol. The second-order valence-corrected chi connectivity index (χ2v) is 7.94. The molecule has 0 spiro atoms. The molecule has 8 nitrogen and oxygen atoms in total. The second-order valence-electron chi connectivity index (χ2n) is 7.08. The van der Waals surface area contributed by atoms with Gasteiger partial charge in [-0.25, -0.2) is 4.39 Å². The van der Waals surface area contributed by atoms with Crippen LogP contribution in [-0.2, 0) is 11.4 Å². The van der Waals surface area contributed by atoms with E-state index in [1.54, 1.807) is 25.1 Å². The van der Waals surface area contributed by atoms with Crippen LogP contribution in [0, 0.1) is 27.3 Å². The first kappa shape index (κ1) is 25.4. The number of ether oxygens (including phenoxy) is 2. The summed E-state index contributed by atoms with van der Waals surface area (Å²) in [5.41, 5.74) is 0.246. The summed E-state index contributed by atoms with van der Waals surface area (Å²) in [6.07, 6.45) is 1.29. The van der Waals surface area contributed by atoms with Crippen LogP contribution in [-0.4, -0.2) is 17.4 Å². The van der Waals surface area contributed by atoms with Gasteiger partial charge in [-0.05, 0) is 58.3 Å². The lowest BCUT2D eigenvalue weighted by atomic mass is 10.1. The summed E-state index contributed by atoms with van der Waals surface area (Å²) in [5, 5.41) is 22.6. The zero-order valence-corrected chi connectivity index (χ0v) is 20.0. The number of carbonyl (C=O) groups is 1. The quantitative estimate of drug-likeness (QED) is 0.154. The Bertz CT molecular complexity index is 1320. The van der Waals surface area contributed by atoms with Crippen molar-refractivity contribution >= 4 is 39.3 Å². The molecular formula is C25H19BrFN3O5. The SMILES string of the molecule is CCOc1cc(C=C(C#N)C(=O)Nc2cc([N+](=O)[O-])ccc2F)cc(Br)c1OCc1ccccc1. The number of anilines is 1. The first-order chi connectivity index (χ1) is 16.8. The molecule has 0 heterocycles. The van der Waals surface area contributed by atoms with Crippen LogP contribution in [0.4, 0.5) is 15.8 Å². The van der Waals surface area contributed by atoms with Gasteiger partial charge in [0.1, 0.15) is 24.1 Å². The summed E-state index contributed by atoms with van der Waals surface area (Å²) in [7, 11) is 0. The zero-order valence-electron chi connectivity index (χ0n) is 18.5. The second kappa shape index (κ2) is 11.8. The van der Waals surface area contributed by atoms with Crippen molar-refractivity contribution in [2.24, 2.45) is 0 Å². The van der Waals surface area contributed by atoms with Gasteiger partial charge in [-0.15, -0.1) is 0 Å². The summed E-state index contributed by atoms with van der Waals surface area (Å²) in [6.45, 7) is 2.45. The number of benzene rings is 3. The molecule has 0 radical (unpaired) electrons. The maximum atomic E-state index is 14.0. The maximum Gasteiger partial charge on any atom is 0.271 e. The number of nitro benzene ring substituents is 1. The molecule has 178 valence electrons. The summed E-state index contributed by atoms with van der Waals surface area (Å²) in [6, 6.07) is 17.3. The molecule has 0 aromatic heterocycles. The van der Waals surface area contributed by atoms with Crippen LogP contribution < -0.4 is 14.8 Å². The number of halogens is 2. The van der Waals surface area contributed by atoms with E-state index in [0.717, 1.165) is 23.8 Å². The highest BCUT2D eigenvalue weighted by Crippen LogP contribution is 2.38. The van der Waals surface area contributed by atoms with Gasteiger partial charge in [0.15, 0.2) is 11.5 Å². The number of carbonyl (C=O) groups excluding carboxylic acids is 1. The highest BCUT2D eigenvalue weighted by atomic mass is 79.9. The van der Waals surface area contributed by atoms with Gasteiger partial charge in [-0.2, -0.15) is 5.26 Å². The molecule has 0 fully saturated rings. The highest BCUT2D eigenvalue weighted by molar-refractivity contribution is 9.10. The van der Waals surface area contributed by atoms with Gasteiger partial charge in [0.25, 0.3) is 11.6 Å². The summed E-state index contributed by atoms with van der Waals surface area (Å²) >= 11 is 3.44. The Morgan fingerprint density at radius 3 is 2.60 bits per heavy atom. The Labute approximate surface area is 208 Å². The average Bonchev–Trinajstić information content (AvgIpc) is 2.84. The van der Waals surface area contributed by atoms with E-state index in [1.807, 2.05) is 30.3 Å². The van der Waals surface area contributed by atoms with E-state index in [2.05, 4.69) is 21.2 Å². The molecule has 0 saturated heterocycles. The number of hydrogen-bond acceptors (Lipinski definition) is 6. The Kier molecular flexibility index (Phi) is 8.53. The summed E-state index contributed by atoms with van der Waals surface area (Å²) in [4.78, 5) is 22.8. The number of nitrogens with zero attached hydrogens (tertiary/aromatic N) is 2. The molecule has 0 aliphatic heterocycles. The molecule has 35 heavy (non-hydrogen) atoms. The van der Waals surface area contributed by atoms with Crippen LogP contribution in [0.2, 0.25) is 0 Å². The van der Waals surface area contributed by atoms with Crippen LogP contribution in [0.1, 0.15) is 18.1 Å². The Balaban J connectivity index is 1.87. The molecule has 0 atom stereocenters. The number of amides is 1. The number of nitrogens with one attached hydrogen (secondary N) is 1. The maximum absolute atomic E-state index is 14.0. The third kappa shape index (κ3) is 6.65. The van der Waals surface area contributed by atoms with E-state index in [-0.39, 0.29) is 5.57 Å². The van der Waals surface area contributed by atoms with Crippen molar-refractivity contribution < 1.29 is 23.6 Å². The van der Waals surface area contributed by atoms with Crippen molar-refractivity contribution in [3.8, 4) is 17.6 Å². The predicted molar refractivity (Wildman–Crippen MR) is 131 cm³/mol. The number of nitro groups is 1. The van der Waals surface area contributed by atoms with E-state index in [1.165, 1.54) is 6.08 Å². The standard InChI is InChI=1S/C25H19BrFN3O5/c1-2-34-23-12-17(11-20(26)24(23)35-15-16-6-4-3-5-7-16)10-18(14-28)25(31)29-22-13-19(30(32)33)8-9-21(22)27/h3-13H,2,15H2,1H3,(H,29,31). The van der Waals surface area contributed by atoms with Crippen LogP contribution in [0.15, 0.2) is 70.7 Å². The van der Waals surface area contributed by atoms with Crippen LogP contribution >= 0.6 is 15.9 Å². The minimum absolute atomic E-state index is 0.301. The van der Waals surface area contributed by atoms with Gasteiger partial charge in [-0.1, -0.05) is 30.3 Å². The third-order valence-corrected chi connectivity index (χ3v) is 5.23. The third-order valence-electron chi connectivity index (χ3n) is 4.64. The fourth-order valence-electron chi connectivity index (χ4n) is 3.03. The van der Waals surface area contributed by atoms with Gasteiger partial charge < -0.3 is 14.8 Å². The molecule has 1 N–H and O–H groups in total. The van der Waals surface area contributed by atoms with Crippen molar-refractivity contribution in [1.82, 2.24) is 0 Å². The lowest BCUT2D eigenvalue weighted by Gasteiger charge is -2.15. The minimum Gasteiger partial charge on any atom is -0.490 e. The smallest absolute Gasteiger partial charge is 0.271 e. The van der Waals surface area contributed by atoms with Crippen molar-refractivity contribution in [2.75, 3.05) is 11.9 Å². The highest BCUT2D eigenvalue weighted by Gasteiger charge is 2.17. The molecule has 0 unspecified atom stereocenters. The van der Waals surface area contributed by atoms with Gasteiger partial charge in [0, 0.05) is 12.1 Å². The summed E-state index contributed by atoms with van der Waals surface area (Å²) in [5.74, 6) is -0.950. The van der Waals surface area contributed by atoms with Crippen molar-refractivity contribution in [3.05, 3.63) is 97.8 Å². The molecule has 0 bridgehead atoms. The molecule has 1 amide bonds. The van der Waals surface area contributed by atoms with Gasteiger partial charge >= 0.3 is 0 Å². The summed E-state index contributed by atoms with van der Waals surface area (Å²) < 4.78 is 26.2. The van der Waals surface area contributed by atoms with E-state index in [4.69, 9.17) is 9.47 Å². The van der Waals surface area contributed by atoms with E-state index < -0.39 is 28.0 Å². The van der Waals surface area contributed by atoms with Crippen LogP contribution in [0.5, 0.6) is 11.5 Å². The van der Waals surface area contributed by atoms with Crippen molar-refractivity contribution in [3.63, 3.8) is 0 Å². The first-order valence-electron chi connectivity index (χ1n) is 10.3. The molecule has 10 heteroatoms. The molecule has 3 aromatic rings. The molecule has 0 aliphatic rings. The zero-order chi connectivity index (χ0) is 25.4. The van der Waals surface area contributed by atoms with Crippen LogP contribution in [0.3, 0.4) is 0 Å². The topological polar surface area (TPSA) is 114 Å². The molecule has 3 aromatic carbocycles. The average molecular weight is 540 g/mol. The Morgan fingerprint density at radius 2 is 1.94 bits per heavy atom. The Morgan fingerprint density at radius 1 is 1.20 bits per heavy atom. The van der Waals surface area contributed by atoms with E-state index in [9.17, 15) is 24.6 Å². The minimum atomic E-state index is -0.926. The van der Waals surface area contributed by atoms with E-state index in [0.29, 0.717) is 34.7 Å². The van der Waals surface area contributed by atoms with Crippen molar-refractivity contribution in [1.29, 1.82) is 5.26 Å². The van der Waals surface area contributed by atoms with Gasteiger partial charge in [0.05, 0.1) is 21.7 Å². The number of non-ortho nitro benzene ring substituents is 1. The fraction of sp³-hybridized carbons (Fsp3) is 0.120. The molecule has 3 rings (SSSR count). The lowest BCUT2D eigenvalue weighted by Crippen LogP contribution is -2.14. The van der Waals surface area contributed by atoms with E-state index >= 15 is 0 Å². The number of nitriles is 1. The largest absolute Gasteiger partial charge is 0.490 e. The van der Waals surface area contributed by atoms with Gasteiger partial charge in [0.2, 0.25) is 0 Å². The molecule has 0 saturated carbocycles. The normalized spacial score (nSPS) is 10.9. The number of rotatable bonds is 9. The van der Waals surface area contributed by atoms with Crippen LogP contribution in [0.25, 0.3) is 6.08 Å².